The van der Waals surface area contributed by atoms with E-state index in [4.69, 9.17) is 11.6 Å². The number of nitrogens with zero attached hydrogens (tertiary/aromatic N) is 3. The van der Waals surface area contributed by atoms with E-state index in [1.54, 1.807) is 29.8 Å². The molecule has 0 aliphatic carbocycles. The zero-order chi connectivity index (χ0) is 18.1. The number of hydrogen-bond donors (Lipinski definition) is 1. The summed E-state index contributed by atoms with van der Waals surface area (Å²) in [5, 5.41) is 4.82. The predicted molar refractivity (Wildman–Crippen MR) is 103 cm³/mol. The lowest BCUT2D eigenvalue weighted by molar-refractivity contribution is 0.304. The van der Waals surface area contributed by atoms with Gasteiger partial charge in [0.25, 0.3) is 0 Å². The lowest BCUT2D eigenvalue weighted by Gasteiger charge is -2.26. The third-order valence-electron chi connectivity index (χ3n) is 4.38. The van der Waals surface area contributed by atoms with Gasteiger partial charge in [0.15, 0.2) is 0 Å². The first-order valence-electron chi connectivity index (χ1n) is 7.95. The monoisotopic (exact) mass is 378 g/mol. The van der Waals surface area contributed by atoms with Crippen LogP contribution in [0.4, 0.5) is 10.2 Å². The van der Waals surface area contributed by atoms with Crippen molar-refractivity contribution in [3.05, 3.63) is 51.4 Å². The molecule has 1 N–H and O–H groups in total. The Labute approximate surface area is 155 Å². The van der Waals surface area contributed by atoms with E-state index in [0.717, 1.165) is 16.0 Å². The van der Waals surface area contributed by atoms with Gasteiger partial charge in [-0.1, -0.05) is 17.7 Å². The van der Waals surface area contributed by atoms with E-state index >= 15 is 0 Å². The number of thiophene rings is 1. The van der Waals surface area contributed by atoms with Crippen LogP contribution in [-0.2, 0) is 0 Å². The number of benzene rings is 1. The lowest BCUT2D eigenvalue weighted by atomic mass is 10.0. The van der Waals surface area contributed by atoms with E-state index in [9.17, 15) is 4.39 Å². The largest absolute Gasteiger partial charge is 0.367 e. The van der Waals surface area contributed by atoms with E-state index in [-0.39, 0.29) is 11.9 Å². The number of anilines is 1. The zero-order valence-electron chi connectivity index (χ0n) is 14.6. The van der Waals surface area contributed by atoms with E-state index in [2.05, 4.69) is 29.1 Å². The molecule has 2 heterocycles. The number of halogens is 2. The SMILES string of the molecule is Cc1sc2ncnc(NC[C@H](c3c(F)cccc3Cl)N(C)C)c2c1C. The first-order chi connectivity index (χ1) is 11.9. The molecule has 1 atom stereocenters. The number of aryl methyl sites for hydroxylation is 2. The van der Waals surface area contributed by atoms with E-state index in [1.807, 2.05) is 19.0 Å². The molecule has 0 aliphatic rings. The second-order valence-corrected chi connectivity index (χ2v) is 7.79. The van der Waals surface area contributed by atoms with Crippen molar-refractivity contribution in [2.45, 2.75) is 19.9 Å². The third-order valence-corrected chi connectivity index (χ3v) is 5.83. The normalized spacial score (nSPS) is 12.8. The van der Waals surface area contributed by atoms with Crippen LogP contribution in [0.5, 0.6) is 0 Å². The molecule has 1 aromatic carbocycles. The summed E-state index contributed by atoms with van der Waals surface area (Å²) in [4.78, 5) is 12.9. The Bertz CT molecular complexity index is 889. The maximum absolute atomic E-state index is 14.3. The molecule has 0 amide bonds. The van der Waals surface area contributed by atoms with E-state index in [1.165, 1.54) is 16.5 Å². The Morgan fingerprint density at radius 3 is 2.72 bits per heavy atom. The molecule has 25 heavy (non-hydrogen) atoms. The fourth-order valence-electron chi connectivity index (χ4n) is 2.88. The van der Waals surface area contributed by atoms with Crippen molar-refractivity contribution in [2.75, 3.05) is 26.0 Å². The van der Waals surface area contributed by atoms with Gasteiger partial charge in [-0.25, -0.2) is 14.4 Å². The second kappa shape index (κ2) is 7.23. The highest BCUT2D eigenvalue weighted by Crippen LogP contribution is 2.34. The molecule has 0 bridgehead atoms. The van der Waals surface area contributed by atoms with Crippen LogP contribution in [0, 0.1) is 19.7 Å². The number of likely N-dealkylation sites (N-methyl/N-ethyl adjacent to an activating group) is 1. The summed E-state index contributed by atoms with van der Waals surface area (Å²) < 4.78 is 14.3. The summed E-state index contributed by atoms with van der Waals surface area (Å²) in [6.45, 7) is 4.63. The highest BCUT2D eigenvalue weighted by molar-refractivity contribution is 7.18. The Hall–Kier alpha value is -1.76. The molecular weight excluding hydrogens is 359 g/mol. The molecule has 7 heteroatoms. The molecular formula is C18H20ClFN4S. The highest BCUT2D eigenvalue weighted by atomic mass is 35.5. The summed E-state index contributed by atoms with van der Waals surface area (Å²) in [5.41, 5.74) is 1.67. The molecule has 3 aromatic rings. The molecule has 0 unspecified atom stereocenters. The molecule has 0 spiro atoms. The van der Waals surface area contributed by atoms with Crippen molar-refractivity contribution in [1.29, 1.82) is 0 Å². The second-order valence-electron chi connectivity index (χ2n) is 6.18. The summed E-state index contributed by atoms with van der Waals surface area (Å²) in [5.74, 6) is 0.467. The topological polar surface area (TPSA) is 41.1 Å². The first-order valence-corrected chi connectivity index (χ1v) is 9.14. The van der Waals surface area contributed by atoms with Gasteiger partial charge in [0, 0.05) is 22.0 Å². The fraction of sp³-hybridized carbons (Fsp3) is 0.333. The third kappa shape index (κ3) is 3.47. The lowest BCUT2D eigenvalue weighted by Crippen LogP contribution is -2.28. The Balaban J connectivity index is 1.93. The fourth-order valence-corrected chi connectivity index (χ4v) is 4.17. The van der Waals surface area contributed by atoms with Crippen molar-refractivity contribution >= 4 is 39.0 Å². The Kier molecular flexibility index (Phi) is 5.22. The van der Waals surface area contributed by atoms with Crippen molar-refractivity contribution in [3.8, 4) is 0 Å². The molecule has 3 rings (SSSR count). The van der Waals surface area contributed by atoms with Gasteiger partial charge in [-0.15, -0.1) is 11.3 Å². The molecule has 0 fully saturated rings. The van der Waals surface area contributed by atoms with Gasteiger partial charge >= 0.3 is 0 Å². The van der Waals surface area contributed by atoms with E-state index in [0.29, 0.717) is 17.1 Å². The van der Waals surface area contributed by atoms with Crippen LogP contribution in [-0.4, -0.2) is 35.5 Å². The molecule has 132 valence electrons. The molecule has 0 aliphatic heterocycles. The minimum atomic E-state index is -0.302. The zero-order valence-corrected chi connectivity index (χ0v) is 16.2. The number of nitrogens with one attached hydrogen (secondary N) is 1. The van der Waals surface area contributed by atoms with Crippen LogP contribution in [0.15, 0.2) is 24.5 Å². The summed E-state index contributed by atoms with van der Waals surface area (Å²) in [7, 11) is 3.81. The van der Waals surface area contributed by atoms with Crippen LogP contribution < -0.4 is 5.32 Å². The van der Waals surface area contributed by atoms with Crippen LogP contribution in [0.3, 0.4) is 0 Å². The number of fused-ring (bicyclic) bond motifs is 1. The van der Waals surface area contributed by atoms with Crippen LogP contribution in [0.1, 0.15) is 22.0 Å². The predicted octanol–water partition coefficient (Wildman–Crippen LogP) is 4.82. The Morgan fingerprint density at radius 1 is 1.28 bits per heavy atom. The summed E-state index contributed by atoms with van der Waals surface area (Å²) >= 11 is 7.91. The van der Waals surface area contributed by atoms with Gasteiger partial charge in [-0.3, -0.25) is 0 Å². The van der Waals surface area contributed by atoms with Gasteiger partial charge in [0.1, 0.15) is 22.8 Å². The maximum atomic E-state index is 14.3. The Morgan fingerprint density at radius 2 is 2.04 bits per heavy atom. The first kappa shape index (κ1) is 18.0. The van der Waals surface area contributed by atoms with Crippen molar-refractivity contribution in [2.24, 2.45) is 0 Å². The highest BCUT2D eigenvalue weighted by Gasteiger charge is 2.22. The van der Waals surface area contributed by atoms with Crippen molar-refractivity contribution in [3.63, 3.8) is 0 Å². The maximum Gasteiger partial charge on any atom is 0.138 e. The molecule has 2 aromatic heterocycles. The summed E-state index contributed by atoms with van der Waals surface area (Å²) in [6.07, 6.45) is 1.56. The van der Waals surface area contributed by atoms with Gasteiger partial charge < -0.3 is 10.2 Å². The van der Waals surface area contributed by atoms with Crippen LogP contribution in [0.2, 0.25) is 5.02 Å². The van der Waals surface area contributed by atoms with Crippen molar-refractivity contribution < 1.29 is 4.39 Å². The molecule has 0 saturated carbocycles. The minimum absolute atomic E-state index is 0.223. The molecule has 0 saturated heterocycles. The smallest absolute Gasteiger partial charge is 0.138 e. The van der Waals surface area contributed by atoms with E-state index < -0.39 is 0 Å². The van der Waals surface area contributed by atoms with Crippen molar-refractivity contribution in [1.82, 2.24) is 14.9 Å². The standard InChI is InChI=1S/C18H20ClFN4S/c1-10-11(2)25-18-15(10)17(22-9-23-18)21-8-14(24(3)4)16-12(19)6-5-7-13(16)20/h5-7,9,14H,8H2,1-4H3,(H,21,22,23)/t14-/m1/s1. The quantitative estimate of drug-likeness (QED) is 0.691. The number of rotatable bonds is 5. The number of hydrogen-bond acceptors (Lipinski definition) is 5. The minimum Gasteiger partial charge on any atom is -0.367 e. The van der Waals surface area contributed by atoms with Gasteiger partial charge in [-0.05, 0) is 45.6 Å². The summed E-state index contributed by atoms with van der Waals surface area (Å²) in [6, 6.07) is 4.55. The molecule has 4 nitrogen and oxygen atoms in total. The van der Waals surface area contributed by atoms with Crippen LogP contribution >= 0.6 is 22.9 Å². The molecule has 0 radical (unpaired) electrons. The van der Waals surface area contributed by atoms with Crippen LogP contribution in [0.25, 0.3) is 10.2 Å². The average Bonchev–Trinajstić information content (AvgIpc) is 2.85. The van der Waals surface area contributed by atoms with Gasteiger partial charge in [-0.2, -0.15) is 0 Å². The average molecular weight is 379 g/mol. The van der Waals surface area contributed by atoms with Gasteiger partial charge in [0.05, 0.1) is 11.4 Å². The number of aromatic nitrogens is 2. The van der Waals surface area contributed by atoms with Gasteiger partial charge in [0.2, 0.25) is 0 Å².